The number of anilines is 1. The summed E-state index contributed by atoms with van der Waals surface area (Å²) < 4.78 is 0. The smallest absolute Gasteiger partial charge is 0.0402 e. The van der Waals surface area contributed by atoms with Crippen LogP contribution < -0.4 is 10.2 Å². The molecule has 2 heterocycles. The maximum atomic E-state index is 3.48. The van der Waals surface area contributed by atoms with Crippen molar-refractivity contribution in [2.24, 2.45) is 5.92 Å². The van der Waals surface area contributed by atoms with Gasteiger partial charge < -0.3 is 10.2 Å². The summed E-state index contributed by atoms with van der Waals surface area (Å²) in [5.41, 5.74) is 3.11. The van der Waals surface area contributed by atoms with Gasteiger partial charge in [0.05, 0.1) is 0 Å². The monoisotopic (exact) mass is 258 g/mol. The number of nitrogens with one attached hydrogen (secondary N) is 1. The van der Waals surface area contributed by atoms with Gasteiger partial charge in [0.1, 0.15) is 0 Å². The van der Waals surface area contributed by atoms with Crippen LogP contribution in [0.15, 0.2) is 24.3 Å². The van der Waals surface area contributed by atoms with Gasteiger partial charge in [-0.2, -0.15) is 0 Å². The third kappa shape index (κ3) is 2.79. The highest BCUT2D eigenvalue weighted by Crippen LogP contribution is 2.40. The van der Waals surface area contributed by atoms with Crippen molar-refractivity contribution in [1.29, 1.82) is 0 Å². The Morgan fingerprint density at radius 1 is 1.21 bits per heavy atom. The first-order chi connectivity index (χ1) is 9.38. The fourth-order valence-electron chi connectivity index (χ4n) is 3.79. The van der Waals surface area contributed by atoms with Gasteiger partial charge in [0, 0.05) is 24.7 Å². The quantitative estimate of drug-likeness (QED) is 0.890. The third-order valence-electron chi connectivity index (χ3n) is 4.73. The Bertz CT molecular complexity index is 409. The van der Waals surface area contributed by atoms with Crippen LogP contribution in [0.4, 0.5) is 5.69 Å². The second kappa shape index (κ2) is 5.96. The van der Waals surface area contributed by atoms with Crippen LogP contribution in [0.5, 0.6) is 0 Å². The molecule has 1 aromatic rings. The van der Waals surface area contributed by atoms with Gasteiger partial charge >= 0.3 is 0 Å². The molecular weight excluding hydrogens is 232 g/mol. The van der Waals surface area contributed by atoms with E-state index in [1.807, 2.05) is 0 Å². The minimum Gasteiger partial charge on any atom is -0.371 e. The Morgan fingerprint density at radius 3 is 2.79 bits per heavy atom. The minimum atomic E-state index is 0.769. The Balaban J connectivity index is 1.72. The van der Waals surface area contributed by atoms with E-state index in [4.69, 9.17) is 0 Å². The molecule has 0 amide bonds. The molecule has 104 valence electrons. The Hall–Kier alpha value is -1.02. The first-order valence-electron chi connectivity index (χ1n) is 7.93. The zero-order valence-corrected chi connectivity index (χ0v) is 12.1. The number of nitrogens with zero attached hydrogens (tertiary/aromatic N) is 1. The van der Waals surface area contributed by atoms with Crippen molar-refractivity contribution < 1.29 is 0 Å². The molecule has 0 aromatic heterocycles. The van der Waals surface area contributed by atoms with Crippen LogP contribution >= 0.6 is 0 Å². The van der Waals surface area contributed by atoms with Gasteiger partial charge in [-0.3, -0.25) is 0 Å². The zero-order valence-electron chi connectivity index (χ0n) is 12.1. The molecule has 2 heteroatoms. The Morgan fingerprint density at radius 2 is 2.00 bits per heavy atom. The number of fused-ring (bicyclic) bond motifs is 1. The van der Waals surface area contributed by atoms with E-state index in [9.17, 15) is 0 Å². The molecule has 1 atom stereocenters. The summed E-state index contributed by atoms with van der Waals surface area (Å²) in [6.07, 6.45) is 5.37. The molecule has 1 fully saturated rings. The summed E-state index contributed by atoms with van der Waals surface area (Å²) in [7, 11) is 0. The molecule has 3 rings (SSSR count). The van der Waals surface area contributed by atoms with Gasteiger partial charge in [-0.1, -0.05) is 25.1 Å². The number of hydrogen-bond donors (Lipinski definition) is 1. The van der Waals surface area contributed by atoms with Crippen molar-refractivity contribution in [2.75, 3.05) is 31.1 Å². The maximum absolute atomic E-state index is 3.48. The van der Waals surface area contributed by atoms with Crippen LogP contribution in [-0.4, -0.2) is 26.2 Å². The van der Waals surface area contributed by atoms with E-state index in [1.54, 1.807) is 5.56 Å². The lowest BCUT2D eigenvalue weighted by Gasteiger charge is -2.26. The van der Waals surface area contributed by atoms with Gasteiger partial charge in [-0.15, -0.1) is 0 Å². The predicted octanol–water partition coefficient (Wildman–Crippen LogP) is 3.39. The van der Waals surface area contributed by atoms with Crippen molar-refractivity contribution in [1.82, 2.24) is 5.32 Å². The van der Waals surface area contributed by atoms with E-state index >= 15 is 0 Å². The van der Waals surface area contributed by atoms with E-state index in [0.717, 1.165) is 11.8 Å². The molecule has 2 aliphatic heterocycles. The van der Waals surface area contributed by atoms with Crippen LogP contribution in [0.1, 0.15) is 44.1 Å². The number of rotatable bonds is 4. The van der Waals surface area contributed by atoms with Crippen molar-refractivity contribution in [2.45, 2.75) is 38.5 Å². The van der Waals surface area contributed by atoms with Gasteiger partial charge in [0.15, 0.2) is 0 Å². The Kier molecular flexibility index (Phi) is 4.07. The van der Waals surface area contributed by atoms with Crippen LogP contribution in [0.3, 0.4) is 0 Å². The molecule has 1 saturated heterocycles. The Labute approximate surface area is 117 Å². The van der Waals surface area contributed by atoms with E-state index in [1.165, 1.54) is 57.5 Å². The first kappa shape index (κ1) is 13.0. The SMILES string of the molecule is CCCN1CC(CC2CCNCC2)c2ccccc21. The summed E-state index contributed by atoms with van der Waals surface area (Å²) in [4.78, 5) is 2.60. The molecule has 0 bridgehead atoms. The molecule has 0 saturated carbocycles. The average molecular weight is 258 g/mol. The minimum absolute atomic E-state index is 0.769. The number of benzene rings is 1. The van der Waals surface area contributed by atoms with E-state index in [2.05, 4.69) is 41.4 Å². The first-order valence-corrected chi connectivity index (χ1v) is 7.93. The third-order valence-corrected chi connectivity index (χ3v) is 4.73. The molecule has 0 aliphatic carbocycles. The topological polar surface area (TPSA) is 15.3 Å². The van der Waals surface area contributed by atoms with Crippen LogP contribution in [0, 0.1) is 5.92 Å². The highest BCUT2D eigenvalue weighted by molar-refractivity contribution is 5.60. The molecule has 0 radical (unpaired) electrons. The van der Waals surface area contributed by atoms with Gasteiger partial charge in [0.25, 0.3) is 0 Å². The number of piperidine rings is 1. The lowest BCUT2D eigenvalue weighted by atomic mass is 9.85. The average Bonchev–Trinajstić information content (AvgIpc) is 2.79. The molecule has 0 spiro atoms. The zero-order chi connectivity index (χ0) is 13.1. The van der Waals surface area contributed by atoms with Gasteiger partial charge in [-0.05, 0) is 56.3 Å². The van der Waals surface area contributed by atoms with Crippen molar-refractivity contribution in [3.05, 3.63) is 29.8 Å². The van der Waals surface area contributed by atoms with E-state index < -0.39 is 0 Å². The molecule has 2 nitrogen and oxygen atoms in total. The fraction of sp³-hybridized carbons (Fsp3) is 0.647. The molecule has 19 heavy (non-hydrogen) atoms. The van der Waals surface area contributed by atoms with E-state index in [0.29, 0.717) is 0 Å². The molecule has 2 aliphatic rings. The highest BCUT2D eigenvalue weighted by atomic mass is 15.1. The van der Waals surface area contributed by atoms with E-state index in [-0.39, 0.29) is 0 Å². The van der Waals surface area contributed by atoms with Gasteiger partial charge in [-0.25, -0.2) is 0 Å². The largest absolute Gasteiger partial charge is 0.371 e. The lowest BCUT2D eigenvalue weighted by Crippen LogP contribution is -2.29. The maximum Gasteiger partial charge on any atom is 0.0402 e. The summed E-state index contributed by atoms with van der Waals surface area (Å²) in [5, 5.41) is 3.48. The standard InChI is InChI=1S/C17H26N2/c1-2-11-19-13-15(12-14-7-9-18-10-8-14)16-5-3-4-6-17(16)19/h3-6,14-15,18H,2,7-13H2,1H3. The molecule has 1 unspecified atom stereocenters. The second-order valence-electron chi connectivity index (χ2n) is 6.13. The predicted molar refractivity (Wildman–Crippen MR) is 81.9 cm³/mol. The summed E-state index contributed by atoms with van der Waals surface area (Å²) in [6, 6.07) is 9.07. The number of para-hydroxylation sites is 1. The van der Waals surface area contributed by atoms with Crippen molar-refractivity contribution in [3.63, 3.8) is 0 Å². The van der Waals surface area contributed by atoms with Gasteiger partial charge in [0.2, 0.25) is 0 Å². The van der Waals surface area contributed by atoms with Crippen LogP contribution in [0.25, 0.3) is 0 Å². The summed E-state index contributed by atoms with van der Waals surface area (Å²) in [6.45, 7) is 7.18. The molecule has 1 aromatic carbocycles. The normalized spacial score (nSPS) is 23.6. The second-order valence-corrected chi connectivity index (χ2v) is 6.13. The molecular formula is C17H26N2. The highest BCUT2D eigenvalue weighted by Gasteiger charge is 2.29. The summed E-state index contributed by atoms with van der Waals surface area (Å²) in [5.74, 6) is 1.70. The summed E-state index contributed by atoms with van der Waals surface area (Å²) >= 11 is 0. The molecule has 1 N–H and O–H groups in total. The van der Waals surface area contributed by atoms with Crippen molar-refractivity contribution >= 4 is 5.69 Å². The lowest BCUT2D eigenvalue weighted by molar-refractivity contribution is 0.334. The van der Waals surface area contributed by atoms with Crippen LogP contribution in [0.2, 0.25) is 0 Å². The fourth-order valence-corrected chi connectivity index (χ4v) is 3.79. The number of hydrogen-bond acceptors (Lipinski definition) is 2. The van der Waals surface area contributed by atoms with Crippen LogP contribution in [-0.2, 0) is 0 Å². The van der Waals surface area contributed by atoms with Crippen molar-refractivity contribution in [3.8, 4) is 0 Å².